The quantitative estimate of drug-likeness (QED) is 0.891. The number of carbonyl (C=O) groups excluding carboxylic acids is 1. The van der Waals surface area contributed by atoms with Crippen LogP contribution in [0.2, 0.25) is 0 Å². The molecule has 2 aromatic rings. The van der Waals surface area contributed by atoms with E-state index in [1.165, 1.54) is 23.1 Å². The van der Waals surface area contributed by atoms with Crippen LogP contribution >= 0.6 is 0 Å². The van der Waals surface area contributed by atoms with Crippen molar-refractivity contribution in [3.05, 3.63) is 35.0 Å². The molecular formula is C20H26N2O2. The van der Waals surface area contributed by atoms with Gasteiger partial charge in [-0.1, -0.05) is 6.92 Å². The van der Waals surface area contributed by atoms with Gasteiger partial charge in [-0.15, -0.1) is 0 Å². The highest BCUT2D eigenvalue weighted by atomic mass is 16.3. The van der Waals surface area contributed by atoms with Gasteiger partial charge in [0.1, 0.15) is 0 Å². The second-order valence-corrected chi connectivity index (χ2v) is 8.25. The first-order valence-corrected chi connectivity index (χ1v) is 8.98. The van der Waals surface area contributed by atoms with E-state index in [1.807, 2.05) is 30.9 Å². The van der Waals surface area contributed by atoms with Gasteiger partial charge in [-0.05, 0) is 62.8 Å². The second-order valence-electron chi connectivity index (χ2n) is 8.25. The molecule has 4 rings (SSSR count). The largest absolute Gasteiger partial charge is 0.390 e. The SMILES string of the molecule is CC1CCc2[nH]c3ccc(C(=O)N4CC(C(C)(C)O)C4)cc3c2C1. The number of nitrogens with one attached hydrogen (secondary N) is 1. The van der Waals surface area contributed by atoms with Gasteiger partial charge in [0, 0.05) is 41.2 Å². The standard InChI is InChI=1S/C20H26N2O2/c1-12-4-6-17-15(8-12)16-9-13(5-7-18(16)21-17)19(23)22-10-14(11-22)20(2,3)24/h5,7,9,12,14,21,24H,4,6,8,10-11H2,1-3H3. The van der Waals surface area contributed by atoms with Crippen molar-refractivity contribution in [2.75, 3.05) is 13.1 Å². The molecule has 1 saturated heterocycles. The third kappa shape index (κ3) is 2.53. The van der Waals surface area contributed by atoms with Gasteiger partial charge in [0.25, 0.3) is 5.91 Å². The van der Waals surface area contributed by atoms with Gasteiger partial charge in [-0.25, -0.2) is 0 Å². The van der Waals surface area contributed by atoms with Crippen LogP contribution in [0.1, 0.15) is 48.8 Å². The molecule has 0 saturated carbocycles. The molecule has 1 aliphatic carbocycles. The number of aromatic amines is 1. The monoisotopic (exact) mass is 326 g/mol. The van der Waals surface area contributed by atoms with Gasteiger partial charge in [-0.2, -0.15) is 0 Å². The fourth-order valence-electron chi connectivity index (χ4n) is 4.00. The third-order valence-corrected chi connectivity index (χ3v) is 5.85. The van der Waals surface area contributed by atoms with Crippen molar-refractivity contribution < 1.29 is 9.90 Å². The number of nitrogens with zero attached hydrogens (tertiary/aromatic N) is 1. The molecule has 1 aromatic heterocycles. The molecule has 1 aromatic carbocycles. The Morgan fingerprint density at radius 1 is 1.33 bits per heavy atom. The normalized spacial score (nSPS) is 21.7. The lowest BCUT2D eigenvalue weighted by atomic mass is 9.84. The summed E-state index contributed by atoms with van der Waals surface area (Å²) in [5, 5.41) is 11.2. The molecule has 1 fully saturated rings. The zero-order chi connectivity index (χ0) is 17.1. The minimum atomic E-state index is -0.712. The van der Waals surface area contributed by atoms with E-state index < -0.39 is 5.60 Å². The summed E-state index contributed by atoms with van der Waals surface area (Å²) in [6.07, 6.45) is 3.43. The Labute approximate surface area is 142 Å². The van der Waals surface area contributed by atoms with Gasteiger partial charge in [0.15, 0.2) is 0 Å². The van der Waals surface area contributed by atoms with E-state index in [0.29, 0.717) is 19.0 Å². The topological polar surface area (TPSA) is 56.3 Å². The van der Waals surface area contributed by atoms with E-state index in [0.717, 1.165) is 23.9 Å². The highest BCUT2D eigenvalue weighted by Crippen LogP contribution is 2.33. The van der Waals surface area contributed by atoms with Crippen LogP contribution in [0.3, 0.4) is 0 Å². The van der Waals surface area contributed by atoms with E-state index in [1.54, 1.807) is 0 Å². The van der Waals surface area contributed by atoms with Crippen LogP contribution in [0.4, 0.5) is 0 Å². The number of aliphatic hydroxyl groups is 1. The maximum Gasteiger partial charge on any atom is 0.253 e. The van der Waals surface area contributed by atoms with E-state index in [2.05, 4.69) is 18.0 Å². The summed E-state index contributed by atoms with van der Waals surface area (Å²) in [6.45, 7) is 7.22. The molecule has 1 atom stereocenters. The third-order valence-electron chi connectivity index (χ3n) is 5.85. The van der Waals surface area contributed by atoms with E-state index >= 15 is 0 Å². The Morgan fingerprint density at radius 2 is 2.08 bits per heavy atom. The van der Waals surface area contributed by atoms with E-state index in [4.69, 9.17) is 0 Å². The van der Waals surface area contributed by atoms with Crippen LogP contribution in [0.25, 0.3) is 10.9 Å². The Kier molecular flexibility index (Phi) is 3.50. The summed E-state index contributed by atoms with van der Waals surface area (Å²) < 4.78 is 0. The lowest BCUT2D eigenvalue weighted by Gasteiger charge is -2.45. The number of carbonyl (C=O) groups is 1. The van der Waals surface area contributed by atoms with Crippen molar-refractivity contribution in [1.29, 1.82) is 0 Å². The van der Waals surface area contributed by atoms with Crippen molar-refractivity contribution in [3.63, 3.8) is 0 Å². The lowest BCUT2D eigenvalue weighted by molar-refractivity contribution is -0.0507. The highest BCUT2D eigenvalue weighted by molar-refractivity contribution is 5.99. The number of hydrogen-bond acceptors (Lipinski definition) is 2. The highest BCUT2D eigenvalue weighted by Gasteiger charge is 2.40. The van der Waals surface area contributed by atoms with Crippen molar-refractivity contribution in [1.82, 2.24) is 9.88 Å². The minimum Gasteiger partial charge on any atom is -0.390 e. The maximum absolute atomic E-state index is 12.7. The number of amides is 1. The first-order chi connectivity index (χ1) is 11.3. The summed E-state index contributed by atoms with van der Waals surface area (Å²) in [7, 11) is 0. The summed E-state index contributed by atoms with van der Waals surface area (Å²) in [5.74, 6) is 0.959. The van der Waals surface area contributed by atoms with Crippen molar-refractivity contribution in [2.24, 2.45) is 11.8 Å². The summed E-state index contributed by atoms with van der Waals surface area (Å²) in [4.78, 5) is 18.1. The molecular weight excluding hydrogens is 300 g/mol. The summed E-state index contributed by atoms with van der Waals surface area (Å²) >= 11 is 0. The summed E-state index contributed by atoms with van der Waals surface area (Å²) in [5.41, 5.74) is 3.94. The smallest absolute Gasteiger partial charge is 0.253 e. The molecule has 1 unspecified atom stereocenters. The number of hydrogen-bond donors (Lipinski definition) is 2. The average Bonchev–Trinajstić information content (AvgIpc) is 2.81. The van der Waals surface area contributed by atoms with Crippen LogP contribution in [0.15, 0.2) is 18.2 Å². The summed E-state index contributed by atoms with van der Waals surface area (Å²) in [6, 6.07) is 6.02. The number of benzene rings is 1. The Hall–Kier alpha value is -1.81. The van der Waals surface area contributed by atoms with Gasteiger partial charge in [0.05, 0.1) is 5.60 Å². The predicted molar refractivity (Wildman–Crippen MR) is 95.2 cm³/mol. The molecule has 1 amide bonds. The number of aromatic nitrogens is 1. The van der Waals surface area contributed by atoms with Gasteiger partial charge in [0.2, 0.25) is 0 Å². The molecule has 0 spiro atoms. The number of fused-ring (bicyclic) bond motifs is 3. The molecule has 2 heterocycles. The number of likely N-dealkylation sites (tertiary alicyclic amines) is 1. The number of rotatable bonds is 2. The zero-order valence-electron chi connectivity index (χ0n) is 14.7. The molecule has 2 aliphatic rings. The van der Waals surface area contributed by atoms with Crippen LogP contribution in [0, 0.1) is 11.8 Å². The molecule has 2 N–H and O–H groups in total. The average molecular weight is 326 g/mol. The number of aryl methyl sites for hydroxylation is 1. The second kappa shape index (κ2) is 5.35. The van der Waals surface area contributed by atoms with Crippen molar-refractivity contribution >= 4 is 16.8 Å². The Bertz CT molecular complexity index is 794. The lowest BCUT2D eigenvalue weighted by Crippen LogP contribution is -2.57. The zero-order valence-corrected chi connectivity index (χ0v) is 14.7. The molecule has 24 heavy (non-hydrogen) atoms. The fraction of sp³-hybridized carbons (Fsp3) is 0.550. The minimum absolute atomic E-state index is 0.0798. The molecule has 128 valence electrons. The molecule has 4 nitrogen and oxygen atoms in total. The number of H-pyrrole nitrogens is 1. The first kappa shape index (κ1) is 15.7. The van der Waals surface area contributed by atoms with Gasteiger partial charge in [-0.3, -0.25) is 4.79 Å². The molecule has 1 aliphatic heterocycles. The van der Waals surface area contributed by atoms with E-state index in [-0.39, 0.29) is 11.8 Å². The Morgan fingerprint density at radius 3 is 2.79 bits per heavy atom. The van der Waals surface area contributed by atoms with Gasteiger partial charge >= 0.3 is 0 Å². The predicted octanol–water partition coefficient (Wildman–Crippen LogP) is 3.14. The maximum atomic E-state index is 12.7. The molecule has 0 radical (unpaired) electrons. The van der Waals surface area contributed by atoms with Crippen molar-refractivity contribution in [2.45, 2.75) is 45.6 Å². The Balaban J connectivity index is 1.59. The van der Waals surface area contributed by atoms with E-state index in [9.17, 15) is 9.90 Å². The van der Waals surface area contributed by atoms with Crippen LogP contribution in [-0.4, -0.2) is 39.6 Å². The van der Waals surface area contributed by atoms with Crippen molar-refractivity contribution in [3.8, 4) is 0 Å². The molecule has 4 heteroatoms. The first-order valence-electron chi connectivity index (χ1n) is 8.98. The van der Waals surface area contributed by atoms with Crippen LogP contribution in [0.5, 0.6) is 0 Å². The van der Waals surface area contributed by atoms with Crippen LogP contribution < -0.4 is 0 Å². The molecule has 0 bridgehead atoms. The van der Waals surface area contributed by atoms with Crippen LogP contribution in [-0.2, 0) is 12.8 Å². The van der Waals surface area contributed by atoms with Gasteiger partial charge < -0.3 is 15.0 Å². The fourth-order valence-corrected chi connectivity index (χ4v) is 4.00.